The van der Waals surface area contributed by atoms with E-state index in [2.05, 4.69) is 21.9 Å². The number of aromatic nitrogens is 3. The summed E-state index contributed by atoms with van der Waals surface area (Å²) >= 11 is 0. The Kier molecular flexibility index (Phi) is 4.54. The first-order valence-electron chi connectivity index (χ1n) is 6.10. The first-order valence-corrected chi connectivity index (χ1v) is 6.10. The van der Waals surface area contributed by atoms with Crippen LogP contribution in [0.4, 0.5) is 0 Å². The summed E-state index contributed by atoms with van der Waals surface area (Å²) in [7, 11) is 0. The first-order chi connectivity index (χ1) is 9.31. The summed E-state index contributed by atoms with van der Waals surface area (Å²) in [5.74, 6) is 6.40. The zero-order chi connectivity index (χ0) is 13.5. The fourth-order valence-corrected chi connectivity index (χ4v) is 1.54. The largest absolute Gasteiger partial charge is 0.487 e. The van der Waals surface area contributed by atoms with Gasteiger partial charge in [-0.15, -0.1) is 0 Å². The van der Waals surface area contributed by atoms with Crippen LogP contribution >= 0.6 is 0 Å². The van der Waals surface area contributed by atoms with Crippen molar-refractivity contribution >= 4 is 0 Å². The van der Waals surface area contributed by atoms with Crippen molar-refractivity contribution < 1.29 is 4.74 Å². The molecule has 0 atom stereocenters. The van der Waals surface area contributed by atoms with Crippen molar-refractivity contribution in [1.29, 1.82) is 0 Å². The highest BCUT2D eigenvalue weighted by Gasteiger charge is 2.00. The molecule has 5 nitrogen and oxygen atoms in total. The Morgan fingerprint density at radius 1 is 1.37 bits per heavy atom. The van der Waals surface area contributed by atoms with Crippen molar-refractivity contribution in [2.24, 2.45) is 5.73 Å². The third-order valence-corrected chi connectivity index (χ3v) is 2.46. The number of ether oxygens (including phenoxy) is 1. The molecule has 0 saturated heterocycles. The molecule has 2 N–H and O–H groups in total. The van der Waals surface area contributed by atoms with Gasteiger partial charge in [0, 0.05) is 30.1 Å². The van der Waals surface area contributed by atoms with E-state index in [1.807, 2.05) is 23.9 Å². The monoisotopic (exact) mass is 256 g/mol. The quantitative estimate of drug-likeness (QED) is 0.834. The van der Waals surface area contributed by atoms with Crippen LogP contribution in [0.2, 0.25) is 0 Å². The van der Waals surface area contributed by atoms with Gasteiger partial charge in [-0.1, -0.05) is 11.8 Å². The van der Waals surface area contributed by atoms with Crippen LogP contribution < -0.4 is 10.5 Å². The summed E-state index contributed by atoms with van der Waals surface area (Å²) in [6.45, 7) is 3.70. The third kappa shape index (κ3) is 3.83. The summed E-state index contributed by atoms with van der Waals surface area (Å²) in [5, 5.41) is 4.19. The summed E-state index contributed by atoms with van der Waals surface area (Å²) in [5.41, 5.74) is 7.16. The van der Waals surface area contributed by atoms with Crippen LogP contribution in [0.5, 0.6) is 5.75 Å². The van der Waals surface area contributed by atoms with Crippen molar-refractivity contribution in [2.45, 2.75) is 20.1 Å². The van der Waals surface area contributed by atoms with Crippen LogP contribution in [-0.2, 0) is 13.2 Å². The zero-order valence-electron chi connectivity index (χ0n) is 10.8. The number of nitrogens with zero attached hydrogens (tertiary/aromatic N) is 3. The molecule has 0 radical (unpaired) electrons. The molecule has 19 heavy (non-hydrogen) atoms. The highest BCUT2D eigenvalue weighted by Crippen LogP contribution is 2.12. The highest BCUT2D eigenvalue weighted by atomic mass is 16.5. The van der Waals surface area contributed by atoms with Gasteiger partial charge in [-0.2, -0.15) is 5.10 Å². The number of hydrogen-bond donors (Lipinski definition) is 1. The molecule has 0 aliphatic carbocycles. The van der Waals surface area contributed by atoms with E-state index < -0.39 is 0 Å². The molecule has 0 spiro atoms. The Balaban J connectivity index is 1.99. The van der Waals surface area contributed by atoms with Crippen molar-refractivity contribution in [3.63, 3.8) is 0 Å². The topological polar surface area (TPSA) is 66.0 Å². The Morgan fingerprint density at radius 3 is 3.00 bits per heavy atom. The second-order valence-corrected chi connectivity index (χ2v) is 3.91. The van der Waals surface area contributed by atoms with Gasteiger partial charge >= 0.3 is 0 Å². The van der Waals surface area contributed by atoms with E-state index in [0.717, 1.165) is 17.7 Å². The predicted octanol–water partition coefficient (Wildman–Crippen LogP) is 1.19. The van der Waals surface area contributed by atoms with Gasteiger partial charge in [0.25, 0.3) is 0 Å². The second kappa shape index (κ2) is 6.57. The third-order valence-electron chi connectivity index (χ3n) is 2.46. The SMILES string of the molecule is CCn1cc(COc2cncc(C#CCN)c2)cn1. The maximum atomic E-state index is 5.66. The normalized spacial score (nSPS) is 9.79. The number of rotatable bonds is 4. The average Bonchev–Trinajstić information content (AvgIpc) is 2.91. The van der Waals surface area contributed by atoms with Crippen molar-refractivity contribution in [3.8, 4) is 17.6 Å². The molecule has 5 heteroatoms. The molecule has 0 unspecified atom stereocenters. The molecular weight excluding hydrogens is 240 g/mol. The fourth-order valence-electron chi connectivity index (χ4n) is 1.54. The molecule has 2 aromatic rings. The Labute approximate surface area is 112 Å². The molecule has 2 heterocycles. The molecule has 0 fully saturated rings. The lowest BCUT2D eigenvalue weighted by molar-refractivity contribution is 0.304. The predicted molar refractivity (Wildman–Crippen MR) is 72.4 cm³/mol. The van der Waals surface area contributed by atoms with Crippen LogP contribution in [0.1, 0.15) is 18.1 Å². The lowest BCUT2D eigenvalue weighted by Crippen LogP contribution is -1.96. The number of hydrogen-bond acceptors (Lipinski definition) is 4. The van der Waals surface area contributed by atoms with E-state index in [1.165, 1.54) is 0 Å². The van der Waals surface area contributed by atoms with E-state index in [1.54, 1.807) is 18.6 Å². The van der Waals surface area contributed by atoms with E-state index in [-0.39, 0.29) is 0 Å². The molecular formula is C14H16N4O. The smallest absolute Gasteiger partial charge is 0.139 e. The van der Waals surface area contributed by atoms with Gasteiger partial charge < -0.3 is 10.5 Å². The van der Waals surface area contributed by atoms with Gasteiger partial charge in [0.1, 0.15) is 12.4 Å². The molecule has 0 aliphatic rings. The van der Waals surface area contributed by atoms with Gasteiger partial charge in [0.05, 0.1) is 18.9 Å². The van der Waals surface area contributed by atoms with Crippen LogP contribution in [0.3, 0.4) is 0 Å². The van der Waals surface area contributed by atoms with Crippen molar-refractivity contribution in [2.75, 3.05) is 6.54 Å². The molecule has 0 aliphatic heterocycles. The zero-order valence-corrected chi connectivity index (χ0v) is 10.8. The van der Waals surface area contributed by atoms with Crippen molar-refractivity contribution in [3.05, 3.63) is 42.0 Å². The number of pyridine rings is 1. The lowest BCUT2D eigenvalue weighted by atomic mass is 10.3. The van der Waals surface area contributed by atoms with Crippen LogP contribution in [0.25, 0.3) is 0 Å². The molecule has 0 saturated carbocycles. The van der Waals surface area contributed by atoms with Crippen LogP contribution in [0, 0.1) is 11.8 Å². The Bertz CT molecular complexity index is 595. The van der Waals surface area contributed by atoms with Gasteiger partial charge in [-0.3, -0.25) is 9.67 Å². The maximum absolute atomic E-state index is 5.66. The minimum atomic E-state index is 0.335. The molecule has 98 valence electrons. The number of nitrogens with two attached hydrogens (primary N) is 1. The lowest BCUT2D eigenvalue weighted by Gasteiger charge is -2.03. The van der Waals surface area contributed by atoms with Crippen LogP contribution in [0.15, 0.2) is 30.9 Å². The molecule has 0 bridgehead atoms. The molecule has 2 aromatic heterocycles. The minimum absolute atomic E-state index is 0.335. The van der Waals surface area contributed by atoms with E-state index >= 15 is 0 Å². The van der Waals surface area contributed by atoms with Crippen LogP contribution in [-0.4, -0.2) is 21.3 Å². The van der Waals surface area contributed by atoms with Gasteiger partial charge in [-0.05, 0) is 13.0 Å². The Hall–Kier alpha value is -2.32. The molecule has 2 rings (SSSR count). The van der Waals surface area contributed by atoms with Gasteiger partial charge in [-0.25, -0.2) is 0 Å². The van der Waals surface area contributed by atoms with E-state index in [4.69, 9.17) is 10.5 Å². The van der Waals surface area contributed by atoms with Gasteiger partial charge in [0.15, 0.2) is 0 Å². The summed E-state index contributed by atoms with van der Waals surface area (Å²) in [6.07, 6.45) is 7.11. The maximum Gasteiger partial charge on any atom is 0.139 e. The Morgan fingerprint density at radius 2 is 2.26 bits per heavy atom. The summed E-state index contributed by atoms with van der Waals surface area (Å²) < 4.78 is 7.52. The van der Waals surface area contributed by atoms with E-state index in [0.29, 0.717) is 18.9 Å². The van der Waals surface area contributed by atoms with E-state index in [9.17, 15) is 0 Å². The fraction of sp³-hybridized carbons (Fsp3) is 0.286. The molecule has 0 aromatic carbocycles. The standard InChI is InChI=1S/C14H16N4O/c1-2-18-10-13(8-17-18)11-19-14-6-12(4-3-5-15)7-16-9-14/h6-10H,2,5,11,15H2,1H3. The second-order valence-electron chi connectivity index (χ2n) is 3.91. The average molecular weight is 256 g/mol. The number of aryl methyl sites for hydroxylation is 1. The first kappa shape index (κ1) is 13.1. The summed E-state index contributed by atoms with van der Waals surface area (Å²) in [4.78, 5) is 4.08. The van der Waals surface area contributed by atoms with Gasteiger partial charge in [0.2, 0.25) is 0 Å². The van der Waals surface area contributed by atoms with Crippen molar-refractivity contribution in [1.82, 2.24) is 14.8 Å². The minimum Gasteiger partial charge on any atom is -0.487 e. The highest BCUT2D eigenvalue weighted by molar-refractivity contribution is 5.36. The molecule has 0 amide bonds. The summed E-state index contributed by atoms with van der Waals surface area (Å²) in [6, 6.07) is 1.85.